The summed E-state index contributed by atoms with van der Waals surface area (Å²) in [6.45, 7) is 17.6. The van der Waals surface area contributed by atoms with Gasteiger partial charge in [-0.25, -0.2) is 0 Å². The first-order valence-electron chi connectivity index (χ1n) is 36.9. The molecule has 0 saturated heterocycles. The van der Waals surface area contributed by atoms with Gasteiger partial charge in [0.15, 0.2) is 0 Å². The third-order valence-electron chi connectivity index (χ3n) is 21.9. The maximum absolute atomic E-state index is 4.10. The van der Waals surface area contributed by atoms with Gasteiger partial charge in [-0.3, -0.25) is 0 Å². The highest BCUT2D eigenvalue weighted by Crippen LogP contribution is 2.59. The van der Waals surface area contributed by atoms with Crippen molar-refractivity contribution in [3.05, 3.63) is 180 Å². The van der Waals surface area contributed by atoms with Gasteiger partial charge in [0.2, 0.25) is 0 Å². The summed E-state index contributed by atoms with van der Waals surface area (Å²) in [5.74, 6) is 0. The predicted octanol–water partition coefficient (Wildman–Crippen LogP) is 27.9. The molecule has 0 N–H and O–H groups in total. The Morgan fingerprint density at radius 2 is 0.460 bits per heavy atom. The smallest absolute Gasteiger partial charge is 0.0215 e. The van der Waals surface area contributed by atoms with Gasteiger partial charge in [0.05, 0.1) is 0 Å². The van der Waals surface area contributed by atoms with Crippen LogP contribution >= 0.6 is 0 Å². The first kappa shape index (κ1) is 66.2. The van der Waals surface area contributed by atoms with E-state index in [2.05, 4.69) is 174 Å². The van der Waals surface area contributed by atoms with E-state index in [0.717, 1.165) is 12.8 Å². The third kappa shape index (κ3) is 15.7. The molecule has 0 radical (unpaired) electrons. The van der Waals surface area contributed by atoms with Crippen molar-refractivity contribution in [2.24, 2.45) is 0 Å². The Balaban J connectivity index is 1.13. The summed E-state index contributed by atoms with van der Waals surface area (Å²) < 4.78 is 0. The molecule has 3 aliphatic carbocycles. The van der Waals surface area contributed by atoms with E-state index in [-0.39, 0.29) is 16.2 Å². The van der Waals surface area contributed by atoms with E-state index >= 15 is 0 Å². The van der Waals surface area contributed by atoms with Gasteiger partial charge in [-0.05, 0) is 177 Å². The minimum absolute atomic E-state index is 0.0598. The molecule has 0 heteroatoms. The molecule has 0 atom stereocenters. The molecule has 0 saturated carbocycles. The van der Waals surface area contributed by atoms with Crippen molar-refractivity contribution in [1.82, 2.24) is 0 Å². The molecule has 0 aliphatic heterocycles. The zero-order chi connectivity index (χ0) is 60.6. The van der Waals surface area contributed by atoms with Crippen molar-refractivity contribution in [3.8, 4) is 55.6 Å². The number of rotatable bonds is 44. The number of hydrogen-bond donors (Lipinski definition) is 0. The van der Waals surface area contributed by atoms with E-state index in [9.17, 15) is 0 Å². The molecule has 0 nitrogen and oxygen atoms in total. The third-order valence-corrected chi connectivity index (χ3v) is 21.9. The standard InChI is InChI=1S/C87H118/c1-7-13-19-25-31-41-59-85(60-42-32-26-20-14-8-2)79-49-39-37-47-73(79)75-55-51-69(65-81(75)85)71-53-57-77-78-58-54-72(68-84(78)87(83(77)67-71,63-45-35-29-23-17-11-5)64-46-36-30-24-18-12-6)70-52-56-76-74-48-38-40-50-80(74)86(82(76)66-70,61-43-33-27-21-15-9-3)62-44-34-28-22-16-10-4/h11-12,37-40,47-58,65-68H,5-10,13-36,41-46,59-64H2,1-4H3. The molecule has 6 aromatic carbocycles. The van der Waals surface area contributed by atoms with Gasteiger partial charge in [0, 0.05) is 16.2 Å². The Morgan fingerprint density at radius 3 is 0.724 bits per heavy atom. The van der Waals surface area contributed by atoms with Gasteiger partial charge < -0.3 is 0 Å². The molecule has 466 valence electrons. The molecule has 0 unspecified atom stereocenters. The molecule has 6 aromatic rings. The normalized spacial score (nSPS) is 14.3. The Kier molecular flexibility index (Phi) is 26.0. The van der Waals surface area contributed by atoms with E-state index in [4.69, 9.17) is 0 Å². The Hall–Kier alpha value is -5.20. The van der Waals surface area contributed by atoms with Crippen LogP contribution in [0.2, 0.25) is 0 Å². The summed E-state index contributed by atoms with van der Waals surface area (Å²) in [6, 6.07) is 50.5. The van der Waals surface area contributed by atoms with Gasteiger partial charge in [-0.15, -0.1) is 13.2 Å². The molecule has 0 fully saturated rings. The minimum atomic E-state index is -0.0634. The summed E-state index contributed by atoms with van der Waals surface area (Å²) in [6.07, 6.45) is 56.1. The van der Waals surface area contributed by atoms with Crippen molar-refractivity contribution in [1.29, 1.82) is 0 Å². The van der Waals surface area contributed by atoms with Crippen molar-refractivity contribution in [3.63, 3.8) is 0 Å². The van der Waals surface area contributed by atoms with Crippen LogP contribution in [0.5, 0.6) is 0 Å². The van der Waals surface area contributed by atoms with Crippen LogP contribution in [0.25, 0.3) is 55.6 Å². The van der Waals surface area contributed by atoms with E-state index in [0.29, 0.717) is 0 Å². The maximum Gasteiger partial charge on any atom is 0.0215 e. The van der Waals surface area contributed by atoms with E-state index < -0.39 is 0 Å². The molecule has 0 bridgehead atoms. The number of hydrogen-bond acceptors (Lipinski definition) is 0. The molecule has 9 rings (SSSR count). The minimum Gasteiger partial charge on any atom is -0.103 e. The highest BCUT2D eigenvalue weighted by Gasteiger charge is 2.46. The number of benzene rings is 6. The second-order valence-corrected chi connectivity index (χ2v) is 27.9. The number of unbranched alkanes of at least 4 members (excludes halogenated alkanes) is 28. The largest absolute Gasteiger partial charge is 0.103 e. The Bertz CT molecular complexity index is 2820. The molecular formula is C87H118. The van der Waals surface area contributed by atoms with E-state index in [1.54, 1.807) is 33.4 Å². The summed E-state index contributed by atoms with van der Waals surface area (Å²) in [7, 11) is 0. The topological polar surface area (TPSA) is 0 Å². The average Bonchev–Trinajstić information content (AvgIpc) is 1.69. The highest BCUT2D eigenvalue weighted by atomic mass is 14.5. The van der Waals surface area contributed by atoms with Crippen LogP contribution in [-0.4, -0.2) is 0 Å². The van der Waals surface area contributed by atoms with Crippen molar-refractivity contribution >= 4 is 0 Å². The van der Waals surface area contributed by atoms with Crippen LogP contribution in [0.1, 0.15) is 318 Å². The van der Waals surface area contributed by atoms with Gasteiger partial charge in [-0.2, -0.15) is 0 Å². The summed E-state index contributed by atoms with van der Waals surface area (Å²) in [5.41, 5.74) is 24.2. The highest BCUT2D eigenvalue weighted by molar-refractivity contribution is 5.89. The lowest BCUT2D eigenvalue weighted by atomic mass is 9.69. The quantitative estimate of drug-likeness (QED) is 0.0264. The second kappa shape index (κ2) is 34.1. The zero-order valence-corrected chi connectivity index (χ0v) is 55.9. The molecule has 0 spiro atoms. The lowest BCUT2D eigenvalue weighted by molar-refractivity contribution is 0.398. The van der Waals surface area contributed by atoms with Crippen LogP contribution in [0.3, 0.4) is 0 Å². The molecule has 0 heterocycles. The summed E-state index contributed by atoms with van der Waals surface area (Å²) >= 11 is 0. The molecule has 3 aliphatic rings. The van der Waals surface area contributed by atoms with E-state index in [1.807, 2.05) is 0 Å². The van der Waals surface area contributed by atoms with Gasteiger partial charge >= 0.3 is 0 Å². The lowest BCUT2D eigenvalue weighted by Crippen LogP contribution is -2.26. The maximum atomic E-state index is 4.10. The Morgan fingerprint density at radius 1 is 0.241 bits per heavy atom. The fraction of sp³-hybridized carbons (Fsp3) is 0.540. The predicted molar refractivity (Wildman–Crippen MR) is 384 cm³/mol. The molecular weight excluding hydrogens is 1040 g/mol. The van der Waals surface area contributed by atoms with Crippen molar-refractivity contribution in [2.75, 3.05) is 0 Å². The SMILES string of the molecule is C=CCCCCCCC1(CCCCCCC=C)c2cc(-c3ccc4c(c3)C(CCCCCCCC)(CCCCCCCC)c3ccccc3-4)ccc2-c2ccc(-c3ccc4c(c3)C(CCCCCCCC)(CCCCCCCC)c3ccccc3-4)cc21. The average molecular weight is 1160 g/mol. The zero-order valence-electron chi connectivity index (χ0n) is 55.9. The van der Waals surface area contributed by atoms with Gasteiger partial charge in [0.25, 0.3) is 0 Å². The molecule has 87 heavy (non-hydrogen) atoms. The van der Waals surface area contributed by atoms with Crippen LogP contribution in [-0.2, 0) is 16.2 Å². The molecule has 0 aromatic heterocycles. The lowest BCUT2D eigenvalue weighted by Gasteiger charge is -2.34. The van der Waals surface area contributed by atoms with Crippen LogP contribution in [0.4, 0.5) is 0 Å². The fourth-order valence-corrected chi connectivity index (χ4v) is 17.1. The monoisotopic (exact) mass is 1160 g/mol. The fourth-order valence-electron chi connectivity index (χ4n) is 17.1. The van der Waals surface area contributed by atoms with E-state index in [1.165, 1.54) is 300 Å². The van der Waals surface area contributed by atoms with Crippen molar-refractivity contribution in [2.45, 2.75) is 301 Å². The van der Waals surface area contributed by atoms with Crippen LogP contribution < -0.4 is 0 Å². The number of allylic oxidation sites excluding steroid dienone is 2. The summed E-state index contributed by atoms with van der Waals surface area (Å²) in [5, 5.41) is 0. The van der Waals surface area contributed by atoms with Gasteiger partial charge in [-0.1, -0.05) is 330 Å². The first-order chi connectivity index (χ1) is 42.9. The Labute approximate surface area is 533 Å². The van der Waals surface area contributed by atoms with Gasteiger partial charge in [0.1, 0.15) is 0 Å². The molecule has 0 amide bonds. The van der Waals surface area contributed by atoms with Crippen molar-refractivity contribution < 1.29 is 0 Å². The number of fused-ring (bicyclic) bond motifs is 9. The van der Waals surface area contributed by atoms with Crippen LogP contribution in [0, 0.1) is 0 Å². The summed E-state index contributed by atoms with van der Waals surface area (Å²) in [4.78, 5) is 0. The van der Waals surface area contributed by atoms with Crippen LogP contribution in [0.15, 0.2) is 147 Å². The second-order valence-electron chi connectivity index (χ2n) is 27.9. The first-order valence-corrected chi connectivity index (χ1v) is 36.9.